The number of pyridine rings is 1. The van der Waals surface area contributed by atoms with Crippen molar-refractivity contribution in [1.82, 2.24) is 10.3 Å². The number of aromatic nitrogens is 1. The van der Waals surface area contributed by atoms with Crippen LogP contribution in [0.3, 0.4) is 0 Å². The minimum Gasteiger partial charge on any atom is -0.395 e. The van der Waals surface area contributed by atoms with E-state index in [1.807, 2.05) is 0 Å². The molecular weight excluding hydrogens is 210 g/mol. The second kappa shape index (κ2) is 5.82. The van der Waals surface area contributed by atoms with Crippen molar-refractivity contribution in [3.05, 3.63) is 23.9 Å². The first-order valence-corrected chi connectivity index (χ1v) is 4.76. The van der Waals surface area contributed by atoms with Gasteiger partial charge in [-0.25, -0.2) is 4.98 Å². The van der Waals surface area contributed by atoms with Gasteiger partial charge in [0.15, 0.2) is 0 Å². The maximum atomic E-state index is 11.5. The third kappa shape index (κ3) is 3.66. The molecule has 0 bridgehead atoms. The molecule has 1 rings (SSSR count). The molecule has 0 radical (unpaired) electrons. The maximum Gasteiger partial charge on any atom is 0.251 e. The topological polar surface area (TPSA) is 91.3 Å². The molecule has 0 aromatic carbocycles. The van der Waals surface area contributed by atoms with E-state index in [0.717, 1.165) is 0 Å². The second-order valence-corrected chi connectivity index (χ2v) is 3.09. The standard InChI is InChI=1S/C10H13N3O3/c1-7(15)13-9-6-8(2-3-11-9)10(16)12-4-5-14/h2-3,6,14H,4-5H2,1H3,(H,12,16)(H,11,13,15). The van der Waals surface area contributed by atoms with E-state index in [2.05, 4.69) is 15.6 Å². The van der Waals surface area contributed by atoms with Gasteiger partial charge in [0.05, 0.1) is 6.61 Å². The molecule has 0 fully saturated rings. The van der Waals surface area contributed by atoms with Crippen molar-refractivity contribution < 1.29 is 14.7 Å². The summed E-state index contributed by atoms with van der Waals surface area (Å²) in [6.45, 7) is 1.44. The van der Waals surface area contributed by atoms with Crippen molar-refractivity contribution in [1.29, 1.82) is 0 Å². The Bertz CT molecular complexity index is 393. The van der Waals surface area contributed by atoms with Gasteiger partial charge in [-0.3, -0.25) is 9.59 Å². The summed E-state index contributed by atoms with van der Waals surface area (Å²) < 4.78 is 0. The molecule has 16 heavy (non-hydrogen) atoms. The summed E-state index contributed by atoms with van der Waals surface area (Å²) in [4.78, 5) is 26.1. The van der Waals surface area contributed by atoms with E-state index in [-0.39, 0.29) is 25.0 Å². The van der Waals surface area contributed by atoms with Crippen molar-refractivity contribution in [2.24, 2.45) is 0 Å². The molecule has 0 atom stereocenters. The van der Waals surface area contributed by atoms with E-state index < -0.39 is 0 Å². The number of hydrogen-bond donors (Lipinski definition) is 3. The van der Waals surface area contributed by atoms with E-state index in [1.54, 1.807) is 0 Å². The van der Waals surface area contributed by atoms with Gasteiger partial charge in [0, 0.05) is 25.2 Å². The number of nitrogens with zero attached hydrogens (tertiary/aromatic N) is 1. The van der Waals surface area contributed by atoms with Gasteiger partial charge in [0.2, 0.25) is 5.91 Å². The third-order valence-electron chi connectivity index (χ3n) is 1.72. The molecular formula is C10H13N3O3. The van der Waals surface area contributed by atoms with Crippen LogP contribution in [0, 0.1) is 0 Å². The molecule has 0 aliphatic rings. The van der Waals surface area contributed by atoms with Crippen LogP contribution >= 0.6 is 0 Å². The van der Waals surface area contributed by atoms with Gasteiger partial charge >= 0.3 is 0 Å². The number of amides is 2. The van der Waals surface area contributed by atoms with Gasteiger partial charge in [-0.2, -0.15) is 0 Å². The first-order valence-electron chi connectivity index (χ1n) is 4.76. The fourth-order valence-electron chi connectivity index (χ4n) is 1.09. The van der Waals surface area contributed by atoms with E-state index in [9.17, 15) is 9.59 Å². The summed E-state index contributed by atoms with van der Waals surface area (Å²) in [6, 6.07) is 2.99. The summed E-state index contributed by atoms with van der Waals surface area (Å²) in [5.41, 5.74) is 0.382. The highest BCUT2D eigenvalue weighted by Gasteiger charge is 2.06. The van der Waals surface area contributed by atoms with Crippen molar-refractivity contribution in [2.75, 3.05) is 18.5 Å². The smallest absolute Gasteiger partial charge is 0.251 e. The molecule has 1 heterocycles. The molecule has 2 amide bonds. The number of carbonyl (C=O) groups is 2. The first-order chi connectivity index (χ1) is 7.63. The number of anilines is 1. The summed E-state index contributed by atoms with van der Waals surface area (Å²) in [5, 5.41) is 13.5. The molecule has 0 aliphatic heterocycles. The summed E-state index contributed by atoms with van der Waals surface area (Å²) in [6.07, 6.45) is 1.43. The lowest BCUT2D eigenvalue weighted by Crippen LogP contribution is -2.26. The second-order valence-electron chi connectivity index (χ2n) is 3.09. The quantitative estimate of drug-likeness (QED) is 0.657. The summed E-state index contributed by atoms with van der Waals surface area (Å²) in [7, 11) is 0. The van der Waals surface area contributed by atoms with Crippen LogP contribution in [0.2, 0.25) is 0 Å². The van der Waals surface area contributed by atoms with Gasteiger partial charge in [0.1, 0.15) is 5.82 Å². The van der Waals surface area contributed by atoms with Crippen LogP contribution in [-0.2, 0) is 4.79 Å². The molecule has 0 unspecified atom stereocenters. The number of aliphatic hydroxyl groups excluding tert-OH is 1. The lowest BCUT2D eigenvalue weighted by molar-refractivity contribution is -0.114. The highest BCUT2D eigenvalue weighted by atomic mass is 16.3. The minimum absolute atomic E-state index is 0.116. The van der Waals surface area contributed by atoms with Crippen LogP contribution < -0.4 is 10.6 Å². The Morgan fingerprint density at radius 3 is 2.88 bits per heavy atom. The Kier molecular flexibility index (Phi) is 4.41. The van der Waals surface area contributed by atoms with Crippen LogP contribution in [-0.4, -0.2) is 35.1 Å². The molecule has 0 saturated carbocycles. The van der Waals surface area contributed by atoms with Crippen LogP contribution in [0.5, 0.6) is 0 Å². The van der Waals surface area contributed by atoms with Gasteiger partial charge in [-0.1, -0.05) is 0 Å². The molecule has 1 aromatic rings. The minimum atomic E-state index is -0.317. The van der Waals surface area contributed by atoms with Crippen molar-refractivity contribution in [3.63, 3.8) is 0 Å². The third-order valence-corrected chi connectivity index (χ3v) is 1.72. The highest BCUT2D eigenvalue weighted by Crippen LogP contribution is 2.06. The van der Waals surface area contributed by atoms with Gasteiger partial charge in [-0.05, 0) is 12.1 Å². The van der Waals surface area contributed by atoms with Gasteiger partial charge in [-0.15, -0.1) is 0 Å². The lowest BCUT2D eigenvalue weighted by Gasteiger charge is -2.05. The molecule has 0 spiro atoms. The van der Waals surface area contributed by atoms with Crippen molar-refractivity contribution in [3.8, 4) is 0 Å². The molecule has 0 saturated heterocycles. The predicted octanol–water partition coefficient (Wildman–Crippen LogP) is -0.238. The number of nitrogens with one attached hydrogen (secondary N) is 2. The number of aliphatic hydroxyl groups is 1. The zero-order valence-corrected chi connectivity index (χ0v) is 8.86. The fraction of sp³-hybridized carbons (Fsp3) is 0.300. The van der Waals surface area contributed by atoms with Crippen molar-refractivity contribution in [2.45, 2.75) is 6.92 Å². The first kappa shape index (κ1) is 12.1. The number of hydrogen-bond acceptors (Lipinski definition) is 4. The van der Waals surface area contributed by atoms with Crippen LogP contribution in [0.1, 0.15) is 17.3 Å². The maximum absolute atomic E-state index is 11.5. The monoisotopic (exact) mass is 223 g/mol. The molecule has 6 heteroatoms. The molecule has 3 N–H and O–H groups in total. The fourth-order valence-corrected chi connectivity index (χ4v) is 1.09. The lowest BCUT2D eigenvalue weighted by atomic mass is 10.2. The largest absolute Gasteiger partial charge is 0.395 e. The summed E-state index contributed by atoms with van der Waals surface area (Å²) >= 11 is 0. The van der Waals surface area contributed by atoms with Gasteiger partial charge in [0.25, 0.3) is 5.91 Å². The zero-order valence-electron chi connectivity index (χ0n) is 8.86. The normalized spacial score (nSPS) is 9.62. The van der Waals surface area contributed by atoms with Crippen LogP contribution in [0.4, 0.5) is 5.82 Å². The Balaban J connectivity index is 2.73. The Morgan fingerprint density at radius 2 is 2.25 bits per heavy atom. The van der Waals surface area contributed by atoms with Crippen molar-refractivity contribution >= 4 is 17.6 Å². The van der Waals surface area contributed by atoms with Crippen LogP contribution in [0.15, 0.2) is 18.3 Å². The average Bonchev–Trinajstić information content (AvgIpc) is 2.25. The van der Waals surface area contributed by atoms with Gasteiger partial charge < -0.3 is 15.7 Å². The van der Waals surface area contributed by atoms with E-state index in [1.165, 1.54) is 25.3 Å². The van der Waals surface area contributed by atoms with Crippen LogP contribution in [0.25, 0.3) is 0 Å². The molecule has 86 valence electrons. The SMILES string of the molecule is CC(=O)Nc1cc(C(=O)NCCO)ccn1. The Morgan fingerprint density at radius 1 is 1.50 bits per heavy atom. The molecule has 1 aromatic heterocycles. The molecule has 0 aliphatic carbocycles. The predicted molar refractivity (Wildman–Crippen MR) is 58.0 cm³/mol. The number of rotatable bonds is 4. The summed E-state index contributed by atoms with van der Waals surface area (Å²) in [5.74, 6) is -0.243. The van der Waals surface area contributed by atoms with E-state index in [4.69, 9.17) is 5.11 Å². The van der Waals surface area contributed by atoms with E-state index in [0.29, 0.717) is 11.4 Å². The Labute approximate surface area is 92.7 Å². The average molecular weight is 223 g/mol. The number of carbonyl (C=O) groups excluding carboxylic acids is 2. The van der Waals surface area contributed by atoms with E-state index >= 15 is 0 Å². The molecule has 6 nitrogen and oxygen atoms in total. The zero-order chi connectivity index (χ0) is 12.0. The highest BCUT2D eigenvalue weighted by molar-refractivity contribution is 5.96. The Hall–Kier alpha value is -1.95.